The summed E-state index contributed by atoms with van der Waals surface area (Å²) in [7, 11) is 0. The van der Waals surface area contributed by atoms with Gasteiger partial charge in [-0.05, 0) is 31.0 Å². The quantitative estimate of drug-likeness (QED) is 0.260. The predicted octanol–water partition coefficient (Wildman–Crippen LogP) is 2.62. The third kappa shape index (κ3) is 9.06. The molecular formula is C21H23N3O5. The fourth-order valence-corrected chi connectivity index (χ4v) is 2.30. The van der Waals surface area contributed by atoms with Crippen LogP contribution in [0.1, 0.15) is 36.0 Å². The molecule has 0 aliphatic carbocycles. The summed E-state index contributed by atoms with van der Waals surface area (Å²) in [5.74, 6) is -2.22. The minimum Gasteiger partial charge on any atom is -0.481 e. The number of unbranched alkanes of at least 4 members (excludes halogenated alkanes) is 2. The summed E-state index contributed by atoms with van der Waals surface area (Å²) in [5, 5.41) is 16.4. The second-order valence-corrected chi connectivity index (χ2v) is 5.90. The molecule has 0 spiro atoms. The first-order chi connectivity index (χ1) is 13.9. The van der Waals surface area contributed by atoms with E-state index < -0.39 is 17.8 Å². The van der Waals surface area contributed by atoms with Gasteiger partial charge in [0.25, 0.3) is 17.7 Å². The molecule has 0 aliphatic rings. The van der Waals surface area contributed by atoms with Gasteiger partial charge in [0.05, 0.1) is 11.4 Å². The van der Waals surface area contributed by atoms with Gasteiger partial charge in [0.1, 0.15) is 0 Å². The molecule has 0 unspecified atom stereocenters. The number of anilines is 2. The van der Waals surface area contributed by atoms with Crippen LogP contribution in [-0.4, -0.2) is 35.3 Å². The van der Waals surface area contributed by atoms with Gasteiger partial charge in [-0.2, -0.15) is 0 Å². The molecule has 0 aromatic heterocycles. The van der Waals surface area contributed by atoms with Crippen LogP contribution >= 0.6 is 0 Å². The molecule has 1 aromatic carbocycles. The Kier molecular flexibility index (Phi) is 10.0. The van der Waals surface area contributed by atoms with E-state index in [9.17, 15) is 19.2 Å². The molecule has 0 aliphatic heterocycles. The maximum absolute atomic E-state index is 12.3. The summed E-state index contributed by atoms with van der Waals surface area (Å²) in [6.07, 6.45) is 4.16. The Labute approximate surface area is 168 Å². The van der Waals surface area contributed by atoms with Gasteiger partial charge in [-0.3, -0.25) is 19.2 Å². The number of carbonyl (C=O) groups excluding carboxylic acids is 3. The summed E-state index contributed by atoms with van der Waals surface area (Å²) in [4.78, 5) is 46.3. The summed E-state index contributed by atoms with van der Waals surface area (Å²) in [6.45, 7) is 7.03. The Morgan fingerprint density at radius 3 is 2.14 bits per heavy atom. The zero-order chi connectivity index (χ0) is 21.6. The highest BCUT2D eigenvalue weighted by atomic mass is 16.4. The van der Waals surface area contributed by atoms with Gasteiger partial charge in [-0.25, -0.2) is 0 Å². The van der Waals surface area contributed by atoms with Crippen molar-refractivity contribution in [2.45, 2.75) is 25.7 Å². The Balaban J connectivity index is 2.84. The first-order valence-corrected chi connectivity index (χ1v) is 8.85. The SMILES string of the molecule is C=C=CC(=O)Nc1ccc(C(=O)NCCCCCC(=O)O)cc1NC(=O)C=C=C. The van der Waals surface area contributed by atoms with Gasteiger partial charge in [0.15, 0.2) is 0 Å². The van der Waals surface area contributed by atoms with Crippen molar-refractivity contribution in [1.29, 1.82) is 0 Å². The smallest absolute Gasteiger partial charge is 0.303 e. The van der Waals surface area contributed by atoms with Crippen LogP contribution in [-0.2, 0) is 14.4 Å². The molecule has 3 amide bonds. The van der Waals surface area contributed by atoms with Crippen molar-refractivity contribution < 1.29 is 24.3 Å². The zero-order valence-electron chi connectivity index (χ0n) is 15.9. The molecule has 0 bridgehead atoms. The molecule has 0 atom stereocenters. The number of rotatable bonds is 11. The lowest BCUT2D eigenvalue weighted by molar-refractivity contribution is -0.137. The molecule has 0 saturated heterocycles. The summed E-state index contributed by atoms with van der Waals surface area (Å²) in [5.41, 5.74) is 5.48. The van der Waals surface area contributed by atoms with Crippen LogP contribution < -0.4 is 16.0 Å². The summed E-state index contributed by atoms with van der Waals surface area (Å²) >= 11 is 0. The molecule has 1 aromatic rings. The van der Waals surface area contributed by atoms with E-state index in [-0.39, 0.29) is 29.3 Å². The first-order valence-electron chi connectivity index (χ1n) is 8.85. The largest absolute Gasteiger partial charge is 0.481 e. The summed E-state index contributed by atoms with van der Waals surface area (Å²) in [6, 6.07) is 4.43. The molecule has 8 heteroatoms. The van der Waals surface area contributed by atoms with Gasteiger partial charge < -0.3 is 21.1 Å². The number of carboxylic acids is 1. The van der Waals surface area contributed by atoms with Gasteiger partial charge in [-0.1, -0.05) is 19.6 Å². The van der Waals surface area contributed by atoms with Crippen LogP contribution in [0, 0.1) is 0 Å². The number of aliphatic carboxylic acids is 1. The predicted molar refractivity (Wildman–Crippen MR) is 110 cm³/mol. The Morgan fingerprint density at radius 2 is 1.55 bits per heavy atom. The van der Waals surface area contributed by atoms with E-state index in [2.05, 4.69) is 40.6 Å². The van der Waals surface area contributed by atoms with Crippen molar-refractivity contribution in [2.75, 3.05) is 17.2 Å². The Hall–Kier alpha value is -3.86. The third-order valence-corrected chi connectivity index (χ3v) is 3.62. The van der Waals surface area contributed by atoms with E-state index in [4.69, 9.17) is 5.11 Å². The lowest BCUT2D eigenvalue weighted by Gasteiger charge is -2.12. The molecule has 29 heavy (non-hydrogen) atoms. The third-order valence-electron chi connectivity index (χ3n) is 3.62. The summed E-state index contributed by atoms with van der Waals surface area (Å²) < 4.78 is 0. The number of amides is 3. The number of hydrogen-bond donors (Lipinski definition) is 4. The van der Waals surface area contributed by atoms with Crippen LogP contribution in [0.2, 0.25) is 0 Å². The Morgan fingerprint density at radius 1 is 0.931 bits per heavy atom. The van der Waals surface area contributed by atoms with E-state index in [0.29, 0.717) is 25.8 Å². The highest BCUT2D eigenvalue weighted by molar-refractivity contribution is 6.07. The fraction of sp³-hybridized carbons (Fsp3) is 0.238. The van der Waals surface area contributed by atoms with Crippen molar-refractivity contribution in [3.63, 3.8) is 0 Å². The van der Waals surface area contributed by atoms with E-state index >= 15 is 0 Å². The number of hydrogen-bond acceptors (Lipinski definition) is 4. The molecule has 0 fully saturated rings. The topological polar surface area (TPSA) is 125 Å². The van der Waals surface area contributed by atoms with Crippen molar-refractivity contribution in [2.24, 2.45) is 0 Å². The number of nitrogens with one attached hydrogen (secondary N) is 3. The van der Waals surface area contributed by atoms with Crippen molar-refractivity contribution in [3.8, 4) is 0 Å². The highest BCUT2D eigenvalue weighted by Gasteiger charge is 2.12. The van der Waals surface area contributed by atoms with Gasteiger partial charge in [0, 0.05) is 30.7 Å². The molecule has 4 N–H and O–H groups in total. The van der Waals surface area contributed by atoms with Gasteiger partial charge in [-0.15, -0.1) is 11.5 Å². The molecule has 0 radical (unpaired) electrons. The second kappa shape index (κ2) is 12.5. The van der Waals surface area contributed by atoms with Crippen molar-refractivity contribution in [3.05, 3.63) is 60.5 Å². The molecular weight excluding hydrogens is 374 g/mol. The van der Waals surface area contributed by atoms with Crippen molar-refractivity contribution >= 4 is 35.1 Å². The minimum atomic E-state index is -0.842. The normalized spacial score (nSPS) is 9.38. The van der Waals surface area contributed by atoms with Crippen molar-refractivity contribution in [1.82, 2.24) is 5.32 Å². The highest BCUT2D eigenvalue weighted by Crippen LogP contribution is 2.23. The van der Waals surface area contributed by atoms with Gasteiger partial charge in [0.2, 0.25) is 0 Å². The monoisotopic (exact) mass is 397 g/mol. The van der Waals surface area contributed by atoms with E-state index in [1.165, 1.54) is 18.2 Å². The zero-order valence-corrected chi connectivity index (χ0v) is 15.9. The maximum Gasteiger partial charge on any atom is 0.303 e. The van der Waals surface area contributed by atoms with Gasteiger partial charge >= 0.3 is 5.97 Å². The van der Waals surface area contributed by atoms with E-state index in [0.717, 1.165) is 12.2 Å². The van der Waals surface area contributed by atoms with Crippen LogP contribution in [0.15, 0.2) is 55.0 Å². The van der Waals surface area contributed by atoms with Crippen LogP contribution in [0.25, 0.3) is 0 Å². The average Bonchev–Trinajstić information content (AvgIpc) is 2.65. The maximum atomic E-state index is 12.3. The number of benzene rings is 1. The number of carboxylic acid groups (broad SMARTS) is 1. The average molecular weight is 397 g/mol. The Bertz CT molecular complexity index is 878. The molecule has 0 heterocycles. The molecule has 1 rings (SSSR count). The minimum absolute atomic E-state index is 0.102. The second-order valence-electron chi connectivity index (χ2n) is 5.90. The number of carbonyl (C=O) groups is 4. The van der Waals surface area contributed by atoms with E-state index in [1.54, 1.807) is 0 Å². The van der Waals surface area contributed by atoms with E-state index in [1.807, 2.05) is 0 Å². The first kappa shape index (κ1) is 23.2. The van der Waals surface area contributed by atoms with Crippen LogP contribution in [0.3, 0.4) is 0 Å². The standard InChI is InChI=1S/C21H23N3O5/c1-3-8-18(25)23-16-12-11-15(14-17(16)24-19(26)9-4-2)21(29)22-13-7-5-6-10-20(27)28/h8-9,11-12,14H,1-2,5-7,10,13H2,(H,22,29)(H,23,25)(H,24,26)(H,27,28). The molecule has 152 valence electrons. The lowest BCUT2D eigenvalue weighted by Crippen LogP contribution is -2.25. The molecule has 8 nitrogen and oxygen atoms in total. The van der Waals surface area contributed by atoms with Crippen LogP contribution in [0.4, 0.5) is 11.4 Å². The lowest BCUT2D eigenvalue weighted by atomic mass is 10.1. The molecule has 0 saturated carbocycles. The van der Waals surface area contributed by atoms with Crippen LogP contribution in [0.5, 0.6) is 0 Å². The fourth-order valence-electron chi connectivity index (χ4n) is 2.30.